The van der Waals surface area contributed by atoms with E-state index in [4.69, 9.17) is 0 Å². The number of nitrogens with zero attached hydrogens (tertiary/aromatic N) is 3. The van der Waals surface area contributed by atoms with Crippen LogP contribution in [-0.4, -0.2) is 33.7 Å². The summed E-state index contributed by atoms with van der Waals surface area (Å²) in [6.45, 7) is 9.90. The molecular formula is C14H25N3O. The number of aromatic nitrogens is 2. The summed E-state index contributed by atoms with van der Waals surface area (Å²) in [4.78, 5) is 14.4. The van der Waals surface area contributed by atoms with Gasteiger partial charge in [-0.3, -0.25) is 9.48 Å². The van der Waals surface area contributed by atoms with Gasteiger partial charge in [0.1, 0.15) is 0 Å². The van der Waals surface area contributed by atoms with Gasteiger partial charge in [-0.2, -0.15) is 5.10 Å². The first-order valence-electron chi connectivity index (χ1n) is 6.84. The standard InChI is InChI=1S/C14H25N3O/c1-6-8-9-17(7-2)14(18)12-10-16(5)15-13(12)11(3)4/h10-11H,6-9H2,1-5H3. The zero-order valence-electron chi connectivity index (χ0n) is 12.2. The maximum absolute atomic E-state index is 12.5. The second kappa shape index (κ2) is 6.57. The maximum Gasteiger partial charge on any atom is 0.257 e. The second-order valence-electron chi connectivity index (χ2n) is 4.99. The minimum absolute atomic E-state index is 0.114. The third kappa shape index (κ3) is 3.34. The van der Waals surface area contributed by atoms with Crippen LogP contribution in [0.25, 0.3) is 0 Å². The summed E-state index contributed by atoms with van der Waals surface area (Å²) in [5.74, 6) is 0.387. The molecule has 1 heterocycles. The van der Waals surface area contributed by atoms with Crippen molar-refractivity contribution in [1.29, 1.82) is 0 Å². The summed E-state index contributed by atoms with van der Waals surface area (Å²) in [6.07, 6.45) is 4.00. The van der Waals surface area contributed by atoms with Crippen molar-refractivity contribution < 1.29 is 4.79 Å². The lowest BCUT2D eigenvalue weighted by molar-refractivity contribution is 0.0760. The monoisotopic (exact) mass is 251 g/mol. The lowest BCUT2D eigenvalue weighted by Gasteiger charge is -2.20. The Morgan fingerprint density at radius 2 is 2.11 bits per heavy atom. The molecule has 1 aromatic rings. The number of carbonyl (C=O) groups excluding carboxylic acids is 1. The van der Waals surface area contributed by atoms with E-state index in [0.717, 1.165) is 37.2 Å². The average molecular weight is 251 g/mol. The molecule has 0 aromatic carbocycles. The highest BCUT2D eigenvalue weighted by molar-refractivity contribution is 5.95. The first-order valence-corrected chi connectivity index (χ1v) is 6.84. The van der Waals surface area contributed by atoms with Crippen molar-refractivity contribution in [3.63, 3.8) is 0 Å². The zero-order chi connectivity index (χ0) is 13.7. The lowest BCUT2D eigenvalue weighted by atomic mass is 10.1. The molecule has 0 unspecified atom stereocenters. The summed E-state index contributed by atoms with van der Waals surface area (Å²) >= 11 is 0. The van der Waals surface area contributed by atoms with Crippen LogP contribution in [0.5, 0.6) is 0 Å². The van der Waals surface area contributed by atoms with E-state index in [1.54, 1.807) is 4.68 Å². The van der Waals surface area contributed by atoms with E-state index in [0.29, 0.717) is 0 Å². The second-order valence-corrected chi connectivity index (χ2v) is 4.99. The fraction of sp³-hybridized carbons (Fsp3) is 0.714. The van der Waals surface area contributed by atoms with E-state index < -0.39 is 0 Å². The van der Waals surface area contributed by atoms with Gasteiger partial charge in [-0.15, -0.1) is 0 Å². The van der Waals surface area contributed by atoms with Crippen LogP contribution in [0.15, 0.2) is 6.20 Å². The highest BCUT2D eigenvalue weighted by Gasteiger charge is 2.21. The smallest absolute Gasteiger partial charge is 0.257 e. The van der Waals surface area contributed by atoms with Gasteiger partial charge >= 0.3 is 0 Å². The molecule has 0 bridgehead atoms. The molecule has 0 radical (unpaired) electrons. The Labute approximate surface area is 110 Å². The zero-order valence-corrected chi connectivity index (χ0v) is 12.2. The summed E-state index contributed by atoms with van der Waals surface area (Å²) in [6, 6.07) is 0. The maximum atomic E-state index is 12.5. The Morgan fingerprint density at radius 1 is 1.44 bits per heavy atom. The quantitative estimate of drug-likeness (QED) is 0.779. The van der Waals surface area contributed by atoms with Crippen molar-refractivity contribution in [3.8, 4) is 0 Å². The van der Waals surface area contributed by atoms with Crippen molar-refractivity contribution >= 4 is 5.91 Å². The van der Waals surface area contributed by atoms with E-state index in [9.17, 15) is 4.79 Å². The van der Waals surface area contributed by atoms with Crippen LogP contribution < -0.4 is 0 Å². The summed E-state index contributed by atoms with van der Waals surface area (Å²) in [7, 11) is 1.87. The van der Waals surface area contributed by atoms with Crippen LogP contribution in [0.4, 0.5) is 0 Å². The molecule has 0 fully saturated rings. The van der Waals surface area contributed by atoms with Crippen molar-refractivity contribution in [3.05, 3.63) is 17.5 Å². The minimum Gasteiger partial charge on any atom is -0.339 e. The highest BCUT2D eigenvalue weighted by atomic mass is 16.2. The van der Waals surface area contributed by atoms with Gasteiger partial charge in [0.15, 0.2) is 0 Å². The molecular weight excluding hydrogens is 226 g/mol. The van der Waals surface area contributed by atoms with E-state index in [-0.39, 0.29) is 11.8 Å². The van der Waals surface area contributed by atoms with Gasteiger partial charge in [0.2, 0.25) is 0 Å². The molecule has 0 aliphatic heterocycles. The molecule has 0 N–H and O–H groups in total. The molecule has 0 atom stereocenters. The summed E-state index contributed by atoms with van der Waals surface area (Å²) in [5, 5.41) is 4.40. The van der Waals surface area contributed by atoms with E-state index in [1.165, 1.54) is 0 Å². The first kappa shape index (κ1) is 14.7. The van der Waals surface area contributed by atoms with Crippen LogP contribution in [-0.2, 0) is 7.05 Å². The SMILES string of the molecule is CCCCN(CC)C(=O)c1cn(C)nc1C(C)C. The fourth-order valence-corrected chi connectivity index (χ4v) is 2.02. The molecule has 1 aromatic heterocycles. The molecule has 4 nitrogen and oxygen atoms in total. The molecule has 1 rings (SSSR count). The normalized spacial score (nSPS) is 11.0. The number of carbonyl (C=O) groups is 1. The Morgan fingerprint density at radius 3 is 2.61 bits per heavy atom. The molecule has 0 saturated carbocycles. The molecule has 0 aliphatic rings. The van der Waals surface area contributed by atoms with Gasteiger partial charge in [-0.1, -0.05) is 27.2 Å². The van der Waals surface area contributed by atoms with Crippen molar-refractivity contribution in [2.24, 2.45) is 7.05 Å². The van der Waals surface area contributed by atoms with Gasteiger partial charge in [-0.05, 0) is 19.3 Å². The largest absolute Gasteiger partial charge is 0.339 e. The number of rotatable bonds is 6. The van der Waals surface area contributed by atoms with Gasteiger partial charge in [-0.25, -0.2) is 0 Å². The van der Waals surface area contributed by atoms with Crippen molar-refractivity contribution in [2.75, 3.05) is 13.1 Å². The molecule has 0 saturated heterocycles. The highest BCUT2D eigenvalue weighted by Crippen LogP contribution is 2.19. The molecule has 1 amide bonds. The predicted octanol–water partition coefficient (Wildman–Crippen LogP) is 2.81. The van der Waals surface area contributed by atoms with Crippen LogP contribution >= 0.6 is 0 Å². The molecule has 0 aliphatic carbocycles. The van der Waals surface area contributed by atoms with Crippen LogP contribution in [0.3, 0.4) is 0 Å². The van der Waals surface area contributed by atoms with E-state index in [1.807, 2.05) is 25.1 Å². The average Bonchev–Trinajstić information content (AvgIpc) is 2.72. The number of amides is 1. The topological polar surface area (TPSA) is 38.1 Å². The lowest BCUT2D eigenvalue weighted by Crippen LogP contribution is -2.32. The minimum atomic E-state index is 0.114. The fourth-order valence-electron chi connectivity index (χ4n) is 2.02. The van der Waals surface area contributed by atoms with E-state index in [2.05, 4.69) is 25.9 Å². The van der Waals surface area contributed by atoms with Crippen molar-refractivity contribution in [2.45, 2.75) is 46.5 Å². The molecule has 4 heteroatoms. The van der Waals surface area contributed by atoms with Gasteiger partial charge in [0.25, 0.3) is 5.91 Å². The van der Waals surface area contributed by atoms with Crippen molar-refractivity contribution in [1.82, 2.24) is 14.7 Å². The van der Waals surface area contributed by atoms with Crippen LogP contribution in [0, 0.1) is 0 Å². The molecule has 0 spiro atoms. The molecule has 18 heavy (non-hydrogen) atoms. The van der Waals surface area contributed by atoms with Crippen LogP contribution in [0.2, 0.25) is 0 Å². The van der Waals surface area contributed by atoms with Gasteiger partial charge in [0.05, 0.1) is 11.3 Å². The van der Waals surface area contributed by atoms with Gasteiger partial charge in [0, 0.05) is 26.3 Å². The summed E-state index contributed by atoms with van der Waals surface area (Å²) in [5.41, 5.74) is 1.66. The number of aryl methyl sites for hydroxylation is 1. The van der Waals surface area contributed by atoms with E-state index >= 15 is 0 Å². The Bertz CT molecular complexity index is 396. The molecule has 102 valence electrons. The Hall–Kier alpha value is -1.32. The number of hydrogen-bond donors (Lipinski definition) is 0. The third-order valence-electron chi connectivity index (χ3n) is 3.09. The Kier molecular flexibility index (Phi) is 5.38. The number of hydrogen-bond acceptors (Lipinski definition) is 2. The third-order valence-corrected chi connectivity index (χ3v) is 3.09. The first-order chi connectivity index (χ1) is 8.51. The number of unbranched alkanes of at least 4 members (excludes halogenated alkanes) is 1. The predicted molar refractivity (Wildman–Crippen MR) is 73.8 cm³/mol. The van der Waals surface area contributed by atoms with Gasteiger partial charge < -0.3 is 4.90 Å². The van der Waals surface area contributed by atoms with Crippen LogP contribution in [0.1, 0.15) is 62.5 Å². The Balaban J connectivity index is 2.94. The summed E-state index contributed by atoms with van der Waals surface area (Å²) < 4.78 is 1.73.